The molecular weight excluding hydrogens is 366 g/mol. The van der Waals surface area contributed by atoms with Crippen LogP contribution in [0, 0.1) is 0 Å². The highest BCUT2D eigenvalue weighted by Gasteiger charge is 2.25. The molecule has 0 aromatic carbocycles. The highest BCUT2D eigenvalue weighted by atomic mass is 16.4. The van der Waals surface area contributed by atoms with Crippen molar-refractivity contribution < 1.29 is 44.1 Å². The average molecular weight is 389 g/mol. The monoisotopic (exact) mass is 389 g/mol. The van der Waals surface area contributed by atoms with E-state index in [-0.39, 0.29) is 43.8 Å². The Labute approximate surface area is 154 Å². The van der Waals surface area contributed by atoms with Crippen LogP contribution >= 0.6 is 0 Å². The second-order valence-electron chi connectivity index (χ2n) is 5.58. The van der Waals surface area contributed by atoms with Gasteiger partial charge in [-0.3, -0.25) is 14.4 Å². The van der Waals surface area contributed by atoms with Crippen molar-refractivity contribution in [1.82, 2.24) is 16.0 Å². The molecule has 0 fully saturated rings. The zero-order valence-electron chi connectivity index (χ0n) is 14.7. The van der Waals surface area contributed by atoms with Gasteiger partial charge in [0.15, 0.2) is 0 Å². The van der Waals surface area contributed by atoms with Gasteiger partial charge in [0.1, 0.15) is 17.9 Å². The number of carbonyl (C=O) groups excluding carboxylic acids is 3. The Morgan fingerprint density at radius 1 is 0.741 bits per heavy atom. The van der Waals surface area contributed by atoms with E-state index in [0.29, 0.717) is 0 Å². The summed E-state index contributed by atoms with van der Waals surface area (Å²) >= 11 is 0. The fourth-order valence-electron chi connectivity index (χ4n) is 1.95. The third-order valence-corrected chi connectivity index (χ3v) is 3.48. The maximum Gasteiger partial charge on any atom is 0.326 e. The molecule has 0 aliphatic carbocycles. The number of nitrogens with one attached hydrogen (secondary N) is 3. The molecule has 12 nitrogen and oxygen atoms in total. The van der Waals surface area contributed by atoms with E-state index in [1.54, 1.807) is 0 Å². The van der Waals surface area contributed by atoms with Crippen LogP contribution in [0.15, 0.2) is 0 Å². The molecule has 2 unspecified atom stereocenters. The third kappa shape index (κ3) is 11.1. The molecule has 0 radical (unpaired) electrons. The highest BCUT2D eigenvalue weighted by Crippen LogP contribution is 2.04. The molecule has 12 heteroatoms. The van der Waals surface area contributed by atoms with Crippen LogP contribution in [0.5, 0.6) is 0 Å². The average Bonchev–Trinajstić information content (AvgIpc) is 2.59. The highest BCUT2D eigenvalue weighted by molar-refractivity contribution is 5.87. The lowest BCUT2D eigenvalue weighted by Crippen LogP contribution is -2.51. The van der Waals surface area contributed by atoms with Crippen LogP contribution in [0.1, 0.15) is 38.5 Å². The molecule has 0 heterocycles. The van der Waals surface area contributed by atoms with Crippen LogP contribution in [-0.2, 0) is 24.0 Å². The Bertz CT molecular complexity index is 591. The maximum atomic E-state index is 11.8. The van der Waals surface area contributed by atoms with E-state index in [1.165, 1.54) is 7.05 Å². The fraction of sp³-hybridized carbons (Fsp3) is 0.600. The zero-order valence-corrected chi connectivity index (χ0v) is 14.7. The van der Waals surface area contributed by atoms with Gasteiger partial charge in [0, 0.05) is 32.7 Å². The Kier molecular flexibility index (Phi) is 10.8. The largest absolute Gasteiger partial charge is 0.481 e. The van der Waals surface area contributed by atoms with Gasteiger partial charge in [0.05, 0.1) is 0 Å². The van der Waals surface area contributed by atoms with Gasteiger partial charge >= 0.3 is 23.9 Å². The molecule has 0 bridgehead atoms. The van der Waals surface area contributed by atoms with Gasteiger partial charge in [-0.2, -0.15) is 0 Å². The number of urea groups is 1. The van der Waals surface area contributed by atoms with Crippen molar-refractivity contribution in [3.05, 3.63) is 0 Å². The molecule has 0 aliphatic rings. The minimum absolute atomic E-state index is 0.0369. The predicted molar refractivity (Wildman–Crippen MR) is 88.9 cm³/mol. The van der Waals surface area contributed by atoms with Crippen LogP contribution in [0.2, 0.25) is 0 Å². The third-order valence-electron chi connectivity index (χ3n) is 3.48. The van der Waals surface area contributed by atoms with Crippen LogP contribution < -0.4 is 16.0 Å². The van der Waals surface area contributed by atoms with Crippen molar-refractivity contribution >= 4 is 35.6 Å². The topological polar surface area (TPSA) is 199 Å². The summed E-state index contributed by atoms with van der Waals surface area (Å²) in [5.74, 6) is -4.85. The zero-order chi connectivity index (χ0) is 21.0. The maximum absolute atomic E-state index is 11.8. The summed E-state index contributed by atoms with van der Waals surface area (Å²) in [6, 6.07) is -4.08. The van der Waals surface area contributed by atoms with Crippen LogP contribution in [-0.4, -0.2) is 70.1 Å². The normalized spacial score (nSPS) is 12.3. The van der Waals surface area contributed by atoms with E-state index in [9.17, 15) is 28.8 Å². The van der Waals surface area contributed by atoms with Gasteiger partial charge in [-0.25, -0.2) is 14.4 Å². The number of aliphatic carboxylic acids is 3. The molecule has 152 valence electrons. The molecular formula is C15H23N3O9. The van der Waals surface area contributed by atoms with Gasteiger partial charge in [0.2, 0.25) is 5.91 Å². The van der Waals surface area contributed by atoms with Crippen LogP contribution in [0.3, 0.4) is 0 Å². The second kappa shape index (κ2) is 12.2. The SMILES string of the molecule is CNC(=O)CCC(=O)CCC(NC(=O)NC(CCC(=O)O)C(=O)O)C(=O)O. The molecule has 0 rings (SSSR count). The predicted octanol–water partition coefficient (Wildman–Crippen LogP) is -1.07. The van der Waals surface area contributed by atoms with Crippen molar-refractivity contribution in [3.8, 4) is 0 Å². The standard InChI is InChI=1S/C15H23N3O9/c1-16-11(20)6-3-8(19)2-4-9(13(23)24)17-15(27)18-10(14(25)26)5-7-12(21)22/h9-10H,2-7H2,1H3,(H,16,20)(H,21,22)(H,23,24)(H,25,26)(H2,17,18,27). The number of carboxylic acids is 3. The van der Waals surface area contributed by atoms with Crippen molar-refractivity contribution in [2.75, 3.05) is 7.05 Å². The van der Waals surface area contributed by atoms with Gasteiger partial charge < -0.3 is 31.3 Å². The van der Waals surface area contributed by atoms with Crippen LogP contribution in [0.25, 0.3) is 0 Å². The molecule has 0 aromatic heterocycles. The number of rotatable bonds is 13. The Balaban J connectivity index is 4.57. The molecule has 0 spiro atoms. The lowest BCUT2D eigenvalue weighted by Gasteiger charge is -2.18. The molecule has 0 saturated heterocycles. The summed E-state index contributed by atoms with van der Waals surface area (Å²) in [6.07, 6.45) is -1.44. The van der Waals surface area contributed by atoms with E-state index in [2.05, 4.69) is 5.32 Å². The lowest BCUT2D eigenvalue weighted by atomic mass is 10.1. The van der Waals surface area contributed by atoms with Crippen molar-refractivity contribution in [3.63, 3.8) is 0 Å². The minimum atomic E-state index is -1.51. The summed E-state index contributed by atoms with van der Waals surface area (Å²) in [5.41, 5.74) is 0. The second-order valence-corrected chi connectivity index (χ2v) is 5.58. The Morgan fingerprint density at radius 2 is 1.22 bits per heavy atom. The van der Waals surface area contributed by atoms with E-state index in [1.807, 2.05) is 10.6 Å². The van der Waals surface area contributed by atoms with Crippen molar-refractivity contribution in [2.24, 2.45) is 0 Å². The fourth-order valence-corrected chi connectivity index (χ4v) is 1.95. The van der Waals surface area contributed by atoms with Gasteiger partial charge in [0.25, 0.3) is 0 Å². The number of amides is 3. The quantitative estimate of drug-likeness (QED) is 0.227. The lowest BCUT2D eigenvalue weighted by molar-refractivity contribution is -0.141. The number of hydrogen-bond acceptors (Lipinski definition) is 6. The van der Waals surface area contributed by atoms with E-state index in [4.69, 9.17) is 15.3 Å². The number of carbonyl (C=O) groups is 6. The minimum Gasteiger partial charge on any atom is -0.481 e. The van der Waals surface area contributed by atoms with Gasteiger partial charge in [-0.1, -0.05) is 0 Å². The number of hydrogen-bond donors (Lipinski definition) is 6. The molecule has 0 saturated carbocycles. The first kappa shape index (κ1) is 23.8. The first-order chi connectivity index (χ1) is 12.6. The summed E-state index contributed by atoms with van der Waals surface area (Å²) in [6.45, 7) is 0. The molecule has 0 aromatic rings. The first-order valence-corrected chi connectivity index (χ1v) is 8.03. The molecule has 0 aliphatic heterocycles. The van der Waals surface area contributed by atoms with E-state index in [0.717, 1.165) is 0 Å². The van der Waals surface area contributed by atoms with Crippen LogP contribution in [0.4, 0.5) is 4.79 Å². The Morgan fingerprint density at radius 3 is 1.63 bits per heavy atom. The molecule has 3 amide bonds. The van der Waals surface area contributed by atoms with E-state index < -0.39 is 42.4 Å². The van der Waals surface area contributed by atoms with Crippen molar-refractivity contribution in [2.45, 2.75) is 50.6 Å². The van der Waals surface area contributed by atoms with Crippen molar-refractivity contribution in [1.29, 1.82) is 0 Å². The number of Topliss-reactive ketones (excluding diaryl/α,β-unsaturated/α-hetero) is 1. The summed E-state index contributed by atoms with van der Waals surface area (Å²) in [5, 5.41) is 33.0. The van der Waals surface area contributed by atoms with E-state index >= 15 is 0 Å². The number of ketones is 1. The molecule has 27 heavy (non-hydrogen) atoms. The summed E-state index contributed by atoms with van der Waals surface area (Å²) in [7, 11) is 1.41. The smallest absolute Gasteiger partial charge is 0.326 e. The summed E-state index contributed by atoms with van der Waals surface area (Å²) in [4.78, 5) is 67.2. The summed E-state index contributed by atoms with van der Waals surface area (Å²) < 4.78 is 0. The number of carboxylic acid groups (broad SMARTS) is 3. The first-order valence-electron chi connectivity index (χ1n) is 8.03. The van der Waals surface area contributed by atoms with Gasteiger partial charge in [-0.15, -0.1) is 0 Å². The molecule has 2 atom stereocenters. The van der Waals surface area contributed by atoms with Gasteiger partial charge in [-0.05, 0) is 12.8 Å². The molecule has 6 N–H and O–H groups in total. The Hall–Kier alpha value is -3.18.